The third-order valence-corrected chi connectivity index (χ3v) is 4.10. The summed E-state index contributed by atoms with van der Waals surface area (Å²) in [7, 11) is 2.12. The van der Waals surface area contributed by atoms with Gasteiger partial charge in [0.05, 0.1) is 12.2 Å². The third-order valence-electron chi connectivity index (χ3n) is 3.31. The molecule has 0 fully saturated rings. The van der Waals surface area contributed by atoms with Crippen LogP contribution in [0.4, 0.5) is 0 Å². The summed E-state index contributed by atoms with van der Waals surface area (Å²) in [5.41, 5.74) is 0. The van der Waals surface area contributed by atoms with E-state index in [1.807, 2.05) is 0 Å². The molecule has 108 valence electrons. The molecule has 0 aromatic carbocycles. The first kappa shape index (κ1) is 18.3. The first-order valence-electron chi connectivity index (χ1n) is 7.37. The molecular formula is C14H32BNOS. The summed E-state index contributed by atoms with van der Waals surface area (Å²) in [6.45, 7) is 14.9. The largest absolute Gasteiger partial charge is 0.364 e. The molecule has 18 heavy (non-hydrogen) atoms. The smallest absolute Gasteiger partial charge is 0.312 e. The van der Waals surface area contributed by atoms with Crippen molar-refractivity contribution in [1.29, 1.82) is 0 Å². The molecule has 0 aliphatic carbocycles. The SMILES string of the molecule is CB(OSN(C)CC(C)CCCC(C)C)C(C)C. The molecule has 0 aromatic heterocycles. The predicted octanol–water partition coefficient (Wildman–Crippen LogP) is 4.99. The maximum absolute atomic E-state index is 5.75. The van der Waals surface area contributed by atoms with E-state index in [9.17, 15) is 0 Å². The van der Waals surface area contributed by atoms with Crippen molar-refractivity contribution in [3.8, 4) is 0 Å². The molecule has 0 aliphatic rings. The summed E-state index contributed by atoms with van der Waals surface area (Å²) in [5, 5.41) is 0. The van der Waals surface area contributed by atoms with E-state index in [1.165, 1.54) is 31.5 Å². The summed E-state index contributed by atoms with van der Waals surface area (Å²) in [6.07, 6.45) is 4.02. The van der Waals surface area contributed by atoms with Gasteiger partial charge in [-0.3, -0.25) is 0 Å². The van der Waals surface area contributed by atoms with Crippen molar-refractivity contribution in [3.05, 3.63) is 0 Å². The third kappa shape index (κ3) is 10.3. The van der Waals surface area contributed by atoms with Gasteiger partial charge in [0.1, 0.15) is 0 Å². The van der Waals surface area contributed by atoms with E-state index in [1.54, 1.807) is 0 Å². The highest BCUT2D eigenvalue weighted by Crippen LogP contribution is 2.20. The van der Waals surface area contributed by atoms with Crippen LogP contribution in [0.15, 0.2) is 0 Å². The lowest BCUT2D eigenvalue weighted by molar-refractivity contribution is 0.381. The number of rotatable bonds is 10. The molecule has 4 heteroatoms. The molecule has 0 radical (unpaired) electrons. The Hall–Kier alpha value is 0.335. The van der Waals surface area contributed by atoms with Gasteiger partial charge in [-0.25, -0.2) is 4.31 Å². The quantitative estimate of drug-likeness (QED) is 0.316. The summed E-state index contributed by atoms with van der Waals surface area (Å²) in [6, 6.07) is 0. The molecule has 2 nitrogen and oxygen atoms in total. The minimum absolute atomic E-state index is 0.314. The Morgan fingerprint density at radius 2 is 1.72 bits per heavy atom. The fourth-order valence-electron chi connectivity index (χ4n) is 1.69. The lowest BCUT2D eigenvalue weighted by Gasteiger charge is -2.22. The average molecular weight is 273 g/mol. The predicted molar refractivity (Wildman–Crippen MR) is 85.9 cm³/mol. The van der Waals surface area contributed by atoms with Crippen LogP contribution in [0.1, 0.15) is 53.9 Å². The van der Waals surface area contributed by atoms with Gasteiger partial charge in [0.15, 0.2) is 0 Å². The molecule has 0 saturated heterocycles. The van der Waals surface area contributed by atoms with Crippen LogP contribution in [0.5, 0.6) is 0 Å². The molecular weight excluding hydrogens is 241 g/mol. The minimum atomic E-state index is 0.314. The van der Waals surface area contributed by atoms with Crippen LogP contribution >= 0.6 is 12.2 Å². The van der Waals surface area contributed by atoms with Crippen LogP contribution in [0.2, 0.25) is 12.6 Å². The van der Waals surface area contributed by atoms with Crippen LogP contribution in [-0.4, -0.2) is 24.8 Å². The number of hydrogen-bond acceptors (Lipinski definition) is 3. The van der Waals surface area contributed by atoms with E-state index in [2.05, 4.69) is 52.8 Å². The zero-order chi connectivity index (χ0) is 14.1. The van der Waals surface area contributed by atoms with Crippen LogP contribution in [-0.2, 0) is 4.10 Å². The van der Waals surface area contributed by atoms with Gasteiger partial charge in [0.25, 0.3) is 0 Å². The highest BCUT2D eigenvalue weighted by molar-refractivity contribution is 7.93. The van der Waals surface area contributed by atoms with Crippen LogP contribution in [0, 0.1) is 11.8 Å². The fourth-order valence-corrected chi connectivity index (χ4v) is 2.51. The van der Waals surface area contributed by atoms with Crippen molar-refractivity contribution in [1.82, 2.24) is 4.31 Å². The number of nitrogens with zero attached hydrogens (tertiary/aromatic N) is 1. The van der Waals surface area contributed by atoms with Crippen molar-refractivity contribution in [2.24, 2.45) is 11.8 Å². The lowest BCUT2D eigenvalue weighted by Crippen LogP contribution is -2.22. The Bertz CT molecular complexity index is 202. The van der Waals surface area contributed by atoms with Crippen molar-refractivity contribution in [3.63, 3.8) is 0 Å². The second-order valence-electron chi connectivity index (χ2n) is 6.36. The zero-order valence-electron chi connectivity index (χ0n) is 13.4. The molecule has 0 aromatic rings. The van der Waals surface area contributed by atoms with Crippen molar-refractivity contribution in [2.45, 2.75) is 66.5 Å². The second-order valence-corrected chi connectivity index (χ2v) is 7.33. The molecule has 0 amide bonds. The first-order chi connectivity index (χ1) is 8.32. The fraction of sp³-hybridized carbons (Fsp3) is 1.00. The van der Waals surface area contributed by atoms with Gasteiger partial charge in [0.2, 0.25) is 0 Å². The lowest BCUT2D eigenvalue weighted by atomic mass is 9.61. The van der Waals surface area contributed by atoms with Gasteiger partial charge in [-0.15, -0.1) is 0 Å². The molecule has 1 unspecified atom stereocenters. The van der Waals surface area contributed by atoms with E-state index in [0.29, 0.717) is 12.7 Å². The summed E-state index contributed by atoms with van der Waals surface area (Å²) >= 11 is 1.51. The van der Waals surface area contributed by atoms with Crippen LogP contribution in [0.25, 0.3) is 0 Å². The minimum Gasteiger partial charge on any atom is -0.364 e. The maximum atomic E-state index is 5.75. The molecule has 0 saturated carbocycles. The van der Waals surface area contributed by atoms with Crippen LogP contribution in [0.3, 0.4) is 0 Å². The summed E-state index contributed by atoms with van der Waals surface area (Å²) in [5.74, 6) is 2.16. The molecule has 0 bridgehead atoms. The van der Waals surface area contributed by atoms with E-state index >= 15 is 0 Å². The Morgan fingerprint density at radius 1 is 1.11 bits per heavy atom. The van der Waals surface area contributed by atoms with E-state index in [4.69, 9.17) is 4.10 Å². The van der Waals surface area contributed by atoms with Crippen molar-refractivity contribution >= 4 is 19.1 Å². The van der Waals surface area contributed by atoms with Gasteiger partial charge < -0.3 is 4.10 Å². The molecule has 1 atom stereocenters. The second kappa shape index (κ2) is 10.2. The molecule has 0 N–H and O–H groups in total. The molecule has 0 aliphatic heterocycles. The van der Waals surface area contributed by atoms with E-state index in [0.717, 1.165) is 18.4 Å². The highest BCUT2D eigenvalue weighted by atomic mass is 32.2. The van der Waals surface area contributed by atoms with E-state index < -0.39 is 0 Å². The van der Waals surface area contributed by atoms with Crippen molar-refractivity contribution < 1.29 is 4.10 Å². The van der Waals surface area contributed by atoms with Crippen LogP contribution < -0.4 is 0 Å². The normalized spacial score (nSPS) is 13.7. The van der Waals surface area contributed by atoms with Gasteiger partial charge in [-0.05, 0) is 31.1 Å². The van der Waals surface area contributed by atoms with Gasteiger partial charge in [-0.2, -0.15) is 0 Å². The Balaban J connectivity index is 3.63. The summed E-state index contributed by atoms with van der Waals surface area (Å²) in [4.78, 5) is 0. The Morgan fingerprint density at radius 3 is 2.22 bits per heavy atom. The van der Waals surface area contributed by atoms with Gasteiger partial charge in [0, 0.05) is 6.54 Å². The summed E-state index contributed by atoms with van der Waals surface area (Å²) < 4.78 is 7.97. The number of hydrogen-bond donors (Lipinski definition) is 0. The standard InChI is InChI=1S/C14H32BNOS/c1-12(2)9-8-10-14(5)11-16(7)18-17-15(6)13(3)4/h12-14H,8-11H2,1-7H3. The molecule has 0 heterocycles. The first-order valence-corrected chi connectivity index (χ1v) is 8.07. The zero-order valence-corrected chi connectivity index (χ0v) is 14.2. The van der Waals surface area contributed by atoms with E-state index in [-0.39, 0.29) is 0 Å². The molecule has 0 rings (SSSR count). The van der Waals surface area contributed by atoms with Gasteiger partial charge >= 0.3 is 6.92 Å². The Labute approximate surface area is 120 Å². The topological polar surface area (TPSA) is 12.5 Å². The molecule has 0 spiro atoms. The van der Waals surface area contributed by atoms with Crippen molar-refractivity contribution in [2.75, 3.05) is 13.6 Å². The Kier molecular flexibility index (Phi) is 10.4. The van der Waals surface area contributed by atoms with Gasteiger partial charge in [-0.1, -0.05) is 54.3 Å². The maximum Gasteiger partial charge on any atom is 0.312 e. The highest BCUT2D eigenvalue weighted by Gasteiger charge is 2.16. The monoisotopic (exact) mass is 273 g/mol. The average Bonchev–Trinajstić information content (AvgIpc) is 2.24.